The number of benzene rings is 2. The van der Waals surface area contributed by atoms with Gasteiger partial charge >= 0.3 is 5.97 Å². The third-order valence-electron chi connectivity index (χ3n) is 3.98. The van der Waals surface area contributed by atoms with Crippen LogP contribution in [0.25, 0.3) is 6.08 Å². The van der Waals surface area contributed by atoms with E-state index in [-0.39, 0.29) is 18.2 Å². The number of para-hydroxylation sites is 1. The molecule has 0 fully saturated rings. The smallest absolute Gasteiger partial charge is 0.363 e. The summed E-state index contributed by atoms with van der Waals surface area (Å²) in [4.78, 5) is 16.4. The molecule has 0 saturated carbocycles. The van der Waals surface area contributed by atoms with E-state index >= 15 is 0 Å². The predicted octanol–water partition coefficient (Wildman–Crippen LogP) is 4.19. The van der Waals surface area contributed by atoms with Crippen molar-refractivity contribution in [2.24, 2.45) is 4.99 Å². The molecule has 2 aromatic rings. The molecule has 0 atom stereocenters. The van der Waals surface area contributed by atoms with E-state index in [9.17, 15) is 4.79 Å². The Morgan fingerprint density at radius 3 is 2.62 bits per heavy atom. The number of carbonyl (C=O) groups excluding carboxylic acids is 1. The molecule has 1 heterocycles. The molecule has 2 aromatic carbocycles. The van der Waals surface area contributed by atoms with Crippen molar-refractivity contribution in [2.45, 2.75) is 19.8 Å². The molecule has 0 spiro atoms. The highest BCUT2D eigenvalue weighted by atomic mass is 16.6. The fourth-order valence-corrected chi connectivity index (χ4v) is 2.55. The summed E-state index contributed by atoms with van der Waals surface area (Å²) in [5.41, 5.74) is 2.18. The topological polar surface area (TPSA) is 57.1 Å². The van der Waals surface area contributed by atoms with Crippen molar-refractivity contribution in [3.63, 3.8) is 0 Å². The Labute approximate surface area is 152 Å². The van der Waals surface area contributed by atoms with Gasteiger partial charge in [0.15, 0.2) is 12.3 Å². The van der Waals surface area contributed by atoms with E-state index in [2.05, 4.69) is 18.8 Å². The molecule has 0 bridgehead atoms. The maximum atomic E-state index is 12.1. The van der Waals surface area contributed by atoms with Gasteiger partial charge in [0.05, 0.1) is 7.11 Å². The molecule has 1 aliphatic heterocycles. The standard InChI is InChI=1S/C21H21NO4/c1-14(2)15-9-10-19(24-3)16(11-15)12-18-21(23)26-20(22-18)13-25-17-7-5-4-6-8-17/h4-12,14H,13H2,1-3H3/b18-12-. The monoisotopic (exact) mass is 351 g/mol. The van der Waals surface area contributed by atoms with Crippen molar-refractivity contribution < 1.29 is 19.0 Å². The summed E-state index contributed by atoms with van der Waals surface area (Å²) in [6.07, 6.45) is 1.68. The molecule has 5 nitrogen and oxygen atoms in total. The van der Waals surface area contributed by atoms with Crippen LogP contribution in [0.4, 0.5) is 0 Å². The van der Waals surface area contributed by atoms with E-state index in [0.29, 0.717) is 17.4 Å². The van der Waals surface area contributed by atoms with Crippen LogP contribution in [0.5, 0.6) is 11.5 Å². The fourth-order valence-electron chi connectivity index (χ4n) is 2.55. The summed E-state index contributed by atoms with van der Waals surface area (Å²) in [5.74, 6) is 1.48. The van der Waals surface area contributed by atoms with Gasteiger partial charge < -0.3 is 14.2 Å². The number of esters is 1. The van der Waals surface area contributed by atoms with E-state index in [1.165, 1.54) is 0 Å². The van der Waals surface area contributed by atoms with Crippen molar-refractivity contribution in [1.29, 1.82) is 0 Å². The molecule has 0 amide bonds. The minimum Gasteiger partial charge on any atom is -0.496 e. The zero-order chi connectivity index (χ0) is 18.5. The van der Waals surface area contributed by atoms with Gasteiger partial charge in [-0.3, -0.25) is 0 Å². The van der Waals surface area contributed by atoms with E-state index in [4.69, 9.17) is 14.2 Å². The largest absolute Gasteiger partial charge is 0.496 e. The molecule has 0 aliphatic carbocycles. The third-order valence-corrected chi connectivity index (χ3v) is 3.98. The van der Waals surface area contributed by atoms with Crippen LogP contribution in [0.15, 0.2) is 59.2 Å². The number of ether oxygens (including phenoxy) is 3. The highest BCUT2D eigenvalue weighted by Gasteiger charge is 2.24. The molecule has 1 aliphatic rings. The number of carbonyl (C=O) groups is 1. The zero-order valence-electron chi connectivity index (χ0n) is 15.1. The summed E-state index contributed by atoms with van der Waals surface area (Å²) < 4.78 is 16.2. The van der Waals surface area contributed by atoms with Crippen LogP contribution in [0, 0.1) is 0 Å². The summed E-state index contributed by atoms with van der Waals surface area (Å²) in [5, 5.41) is 0. The van der Waals surface area contributed by atoms with E-state index in [0.717, 1.165) is 11.1 Å². The number of hydrogen-bond donors (Lipinski definition) is 0. The highest BCUT2D eigenvalue weighted by molar-refractivity contribution is 6.07. The van der Waals surface area contributed by atoms with Gasteiger partial charge in [0.2, 0.25) is 5.90 Å². The zero-order valence-corrected chi connectivity index (χ0v) is 15.1. The van der Waals surface area contributed by atoms with E-state index in [1.54, 1.807) is 13.2 Å². The van der Waals surface area contributed by atoms with Gasteiger partial charge in [-0.25, -0.2) is 9.79 Å². The predicted molar refractivity (Wildman–Crippen MR) is 101 cm³/mol. The lowest BCUT2D eigenvalue weighted by Gasteiger charge is -2.10. The first kappa shape index (κ1) is 17.7. The summed E-state index contributed by atoms with van der Waals surface area (Å²) in [6.45, 7) is 4.32. The number of cyclic esters (lactones) is 1. The lowest BCUT2D eigenvalue weighted by Crippen LogP contribution is -2.13. The summed E-state index contributed by atoms with van der Waals surface area (Å²) in [7, 11) is 1.60. The van der Waals surface area contributed by atoms with Gasteiger partial charge in [0.25, 0.3) is 0 Å². The number of hydrogen-bond acceptors (Lipinski definition) is 5. The second kappa shape index (κ2) is 7.87. The second-order valence-electron chi connectivity index (χ2n) is 6.18. The SMILES string of the molecule is COc1ccc(C(C)C)cc1/C=C1\N=C(COc2ccccc2)OC1=O. The maximum Gasteiger partial charge on any atom is 0.363 e. The molecule has 0 unspecified atom stereocenters. The first-order valence-electron chi connectivity index (χ1n) is 8.44. The molecule has 0 saturated heterocycles. The normalized spacial score (nSPS) is 15.2. The second-order valence-corrected chi connectivity index (χ2v) is 6.18. The van der Waals surface area contributed by atoms with Crippen molar-refractivity contribution in [3.05, 3.63) is 65.4 Å². The van der Waals surface area contributed by atoms with E-state index in [1.807, 2.05) is 48.5 Å². The number of rotatable bonds is 6. The first-order valence-corrected chi connectivity index (χ1v) is 8.44. The van der Waals surface area contributed by atoms with Gasteiger partial charge in [-0.05, 0) is 41.8 Å². The molecule has 5 heteroatoms. The molecule has 26 heavy (non-hydrogen) atoms. The molecule has 0 aromatic heterocycles. The van der Waals surface area contributed by atoms with Crippen molar-refractivity contribution in [1.82, 2.24) is 0 Å². The van der Waals surface area contributed by atoms with Crippen molar-refractivity contribution in [3.8, 4) is 11.5 Å². The summed E-state index contributed by atoms with van der Waals surface area (Å²) >= 11 is 0. The number of methoxy groups -OCH3 is 1. The lowest BCUT2D eigenvalue weighted by molar-refractivity contribution is -0.130. The average molecular weight is 351 g/mol. The van der Waals surface area contributed by atoms with Gasteiger partial charge in [-0.2, -0.15) is 0 Å². The van der Waals surface area contributed by atoms with Crippen LogP contribution in [-0.4, -0.2) is 25.6 Å². The highest BCUT2D eigenvalue weighted by Crippen LogP contribution is 2.27. The van der Waals surface area contributed by atoms with Gasteiger partial charge in [0, 0.05) is 5.56 Å². The van der Waals surface area contributed by atoms with Crippen LogP contribution in [0.2, 0.25) is 0 Å². The van der Waals surface area contributed by atoms with Gasteiger partial charge in [-0.15, -0.1) is 0 Å². The molecule has 3 rings (SSSR count). The van der Waals surface area contributed by atoms with Crippen molar-refractivity contribution in [2.75, 3.05) is 13.7 Å². The molecule has 0 radical (unpaired) electrons. The Hall–Kier alpha value is -3.08. The molecule has 0 N–H and O–H groups in total. The Morgan fingerprint density at radius 1 is 1.15 bits per heavy atom. The Balaban J connectivity index is 1.81. The summed E-state index contributed by atoms with van der Waals surface area (Å²) in [6, 6.07) is 15.2. The van der Waals surface area contributed by atoms with Crippen LogP contribution < -0.4 is 9.47 Å². The van der Waals surface area contributed by atoms with Crippen LogP contribution >= 0.6 is 0 Å². The van der Waals surface area contributed by atoms with Crippen LogP contribution in [0.3, 0.4) is 0 Å². The maximum absolute atomic E-state index is 12.1. The molecule has 134 valence electrons. The molecular formula is C21H21NO4. The van der Waals surface area contributed by atoms with Gasteiger partial charge in [0.1, 0.15) is 11.5 Å². The van der Waals surface area contributed by atoms with Crippen LogP contribution in [0.1, 0.15) is 30.9 Å². The minimum atomic E-state index is -0.492. The average Bonchev–Trinajstić information content (AvgIpc) is 3.00. The minimum absolute atomic E-state index is 0.0935. The number of nitrogens with zero attached hydrogens (tertiary/aromatic N) is 1. The van der Waals surface area contributed by atoms with Gasteiger partial charge in [-0.1, -0.05) is 38.1 Å². The Bertz CT molecular complexity index is 854. The Kier molecular flexibility index (Phi) is 5.37. The Morgan fingerprint density at radius 2 is 1.92 bits per heavy atom. The van der Waals surface area contributed by atoms with Crippen molar-refractivity contribution >= 4 is 17.9 Å². The number of aliphatic imine (C=N–C) groups is 1. The first-order chi connectivity index (χ1) is 12.6. The third kappa shape index (κ3) is 4.11. The fraction of sp³-hybridized carbons (Fsp3) is 0.238. The van der Waals surface area contributed by atoms with E-state index < -0.39 is 5.97 Å². The quantitative estimate of drug-likeness (QED) is 0.578. The molecular weight excluding hydrogens is 330 g/mol. The lowest BCUT2D eigenvalue weighted by atomic mass is 10.00. The van der Waals surface area contributed by atoms with Crippen LogP contribution in [-0.2, 0) is 9.53 Å².